The summed E-state index contributed by atoms with van der Waals surface area (Å²) in [6.07, 6.45) is 6.37. The van der Waals surface area contributed by atoms with E-state index in [9.17, 15) is 18.4 Å². The highest BCUT2D eigenvalue weighted by Crippen LogP contribution is 2.25. The smallest absolute Gasteiger partial charge is 0.313 e. The van der Waals surface area contributed by atoms with Gasteiger partial charge in [-0.05, 0) is 18.9 Å². The number of aromatic amines is 1. The van der Waals surface area contributed by atoms with Crippen molar-refractivity contribution in [3.05, 3.63) is 30.0 Å². The van der Waals surface area contributed by atoms with E-state index in [2.05, 4.69) is 15.6 Å². The molecule has 23 heavy (non-hydrogen) atoms. The monoisotopic (exact) mass is 321 g/mol. The quantitative estimate of drug-likeness (QED) is 0.744. The molecule has 3 rings (SSSR count). The highest BCUT2D eigenvalue weighted by molar-refractivity contribution is 6.40. The molecule has 1 aromatic carbocycles. The van der Waals surface area contributed by atoms with Gasteiger partial charge in [0, 0.05) is 23.7 Å². The van der Waals surface area contributed by atoms with Gasteiger partial charge in [0.05, 0.1) is 11.2 Å². The van der Waals surface area contributed by atoms with Crippen LogP contribution in [0.4, 0.5) is 14.5 Å². The van der Waals surface area contributed by atoms with E-state index in [-0.39, 0.29) is 11.7 Å². The lowest BCUT2D eigenvalue weighted by Crippen LogP contribution is -2.42. The maximum atomic E-state index is 13.3. The van der Waals surface area contributed by atoms with Gasteiger partial charge in [-0.15, -0.1) is 0 Å². The summed E-state index contributed by atoms with van der Waals surface area (Å²) in [5, 5.41) is 5.44. The van der Waals surface area contributed by atoms with Crippen LogP contribution in [0.5, 0.6) is 0 Å². The van der Waals surface area contributed by atoms with Crippen molar-refractivity contribution in [3.8, 4) is 0 Å². The summed E-state index contributed by atoms with van der Waals surface area (Å²) in [6.45, 7) is 0. The van der Waals surface area contributed by atoms with Crippen molar-refractivity contribution in [2.24, 2.45) is 0 Å². The Labute approximate surface area is 131 Å². The molecule has 1 aliphatic rings. The molecule has 2 amide bonds. The van der Waals surface area contributed by atoms with E-state index in [1.807, 2.05) is 0 Å². The Balaban J connectivity index is 1.69. The van der Waals surface area contributed by atoms with Crippen LogP contribution < -0.4 is 10.6 Å². The van der Waals surface area contributed by atoms with Gasteiger partial charge in [0.15, 0.2) is 11.6 Å². The van der Waals surface area contributed by atoms with E-state index < -0.39 is 23.4 Å². The zero-order valence-corrected chi connectivity index (χ0v) is 12.4. The first-order valence-corrected chi connectivity index (χ1v) is 7.62. The summed E-state index contributed by atoms with van der Waals surface area (Å²) >= 11 is 0. The van der Waals surface area contributed by atoms with Crippen molar-refractivity contribution in [1.29, 1.82) is 0 Å². The summed E-state index contributed by atoms with van der Waals surface area (Å²) in [5.74, 6) is -3.53. The predicted octanol–water partition coefficient (Wildman–Crippen LogP) is 2.83. The molecule has 1 saturated carbocycles. The molecule has 0 radical (unpaired) electrons. The molecule has 3 N–H and O–H groups in total. The second kappa shape index (κ2) is 6.36. The van der Waals surface area contributed by atoms with Gasteiger partial charge in [-0.2, -0.15) is 0 Å². The van der Waals surface area contributed by atoms with Gasteiger partial charge in [0.2, 0.25) is 0 Å². The van der Waals surface area contributed by atoms with Gasteiger partial charge in [-0.25, -0.2) is 8.78 Å². The number of anilines is 1. The summed E-state index contributed by atoms with van der Waals surface area (Å²) in [6, 6.07) is 2.01. The van der Waals surface area contributed by atoms with E-state index in [0.717, 1.165) is 44.2 Å². The molecule has 1 fully saturated rings. The van der Waals surface area contributed by atoms with Crippen LogP contribution in [0.1, 0.15) is 32.1 Å². The van der Waals surface area contributed by atoms with Crippen LogP contribution in [-0.2, 0) is 9.59 Å². The Bertz CT molecular complexity index is 751. The zero-order valence-electron chi connectivity index (χ0n) is 12.4. The number of hydrogen-bond acceptors (Lipinski definition) is 2. The van der Waals surface area contributed by atoms with Crippen LogP contribution in [0.15, 0.2) is 18.3 Å². The standard InChI is InChI=1S/C16H17F2N3O2/c17-11-6-10-13(7-12(11)18)19-8-14(10)21-16(23)15(22)20-9-4-2-1-3-5-9/h6-9,19H,1-5H2,(H,20,22)(H,21,23). The third kappa shape index (κ3) is 3.33. The Morgan fingerprint density at radius 3 is 2.48 bits per heavy atom. The van der Waals surface area contributed by atoms with E-state index in [1.165, 1.54) is 6.20 Å². The maximum Gasteiger partial charge on any atom is 0.313 e. The molecule has 7 heteroatoms. The Hall–Kier alpha value is -2.44. The number of carbonyl (C=O) groups is 2. The number of rotatable bonds is 2. The SMILES string of the molecule is O=C(Nc1c[nH]c2cc(F)c(F)cc12)C(=O)NC1CCCCC1. The molecule has 0 spiro atoms. The molecule has 122 valence electrons. The predicted molar refractivity (Wildman–Crippen MR) is 81.9 cm³/mol. The number of hydrogen-bond donors (Lipinski definition) is 3. The summed E-state index contributed by atoms with van der Waals surface area (Å²) in [5.41, 5.74) is 0.578. The summed E-state index contributed by atoms with van der Waals surface area (Å²) in [4.78, 5) is 26.6. The van der Waals surface area contributed by atoms with Crippen molar-refractivity contribution in [2.45, 2.75) is 38.1 Å². The van der Waals surface area contributed by atoms with E-state index in [4.69, 9.17) is 0 Å². The topological polar surface area (TPSA) is 74.0 Å². The fourth-order valence-corrected chi connectivity index (χ4v) is 2.90. The van der Waals surface area contributed by atoms with Gasteiger partial charge in [0.1, 0.15) is 0 Å². The minimum Gasteiger partial charge on any atom is -0.359 e. The minimum absolute atomic E-state index is 0.0245. The number of H-pyrrole nitrogens is 1. The highest BCUT2D eigenvalue weighted by atomic mass is 19.2. The van der Waals surface area contributed by atoms with Crippen LogP contribution in [0, 0.1) is 11.6 Å². The second-order valence-corrected chi connectivity index (χ2v) is 5.78. The molecule has 0 aliphatic heterocycles. The first-order valence-electron chi connectivity index (χ1n) is 7.62. The lowest BCUT2D eigenvalue weighted by atomic mass is 9.95. The Kier molecular flexibility index (Phi) is 4.27. The van der Waals surface area contributed by atoms with Gasteiger partial charge in [0.25, 0.3) is 0 Å². The number of fused-ring (bicyclic) bond motifs is 1. The lowest BCUT2D eigenvalue weighted by molar-refractivity contribution is -0.136. The highest BCUT2D eigenvalue weighted by Gasteiger charge is 2.21. The molecule has 1 aromatic heterocycles. The van der Waals surface area contributed by atoms with Crippen LogP contribution in [0.25, 0.3) is 10.9 Å². The molecular formula is C16H17F2N3O2. The average molecular weight is 321 g/mol. The van der Waals surface area contributed by atoms with Gasteiger partial charge in [-0.1, -0.05) is 19.3 Å². The van der Waals surface area contributed by atoms with E-state index in [1.54, 1.807) is 0 Å². The molecule has 1 aliphatic carbocycles. The van der Waals surface area contributed by atoms with Gasteiger partial charge >= 0.3 is 11.8 Å². The third-order valence-electron chi connectivity index (χ3n) is 4.12. The number of aromatic nitrogens is 1. The number of carbonyl (C=O) groups excluding carboxylic acids is 2. The lowest BCUT2D eigenvalue weighted by Gasteiger charge is -2.22. The van der Waals surface area contributed by atoms with Crippen LogP contribution in [0.3, 0.4) is 0 Å². The fourth-order valence-electron chi connectivity index (χ4n) is 2.90. The number of amides is 2. The zero-order chi connectivity index (χ0) is 16.4. The van der Waals surface area contributed by atoms with Crippen molar-refractivity contribution in [2.75, 3.05) is 5.32 Å². The van der Waals surface area contributed by atoms with Crippen molar-refractivity contribution in [3.63, 3.8) is 0 Å². The normalized spacial score (nSPS) is 15.6. The number of benzene rings is 1. The molecule has 0 bridgehead atoms. The van der Waals surface area contributed by atoms with Crippen molar-refractivity contribution >= 4 is 28.4 Å². The number of halogens is 2. The van der Waals surface area contributed by atoms with E-state index in [0.29, 0.717) is 10.9 Å². The van der Waals surface area contributed by atoms with Gasteiger partial charge in [-0.3, -0.25) is 9.59 Å². The fraction of sp³-hybridized carbons (Fsp3) is 0.375. The second-order valence-electron chi connectivity index (χ2n) is 5.78. The molecule has 5 nitrogen and oxygen atoms in total. The Morgan fingerprint density at radius 2 is 1.74 bits per heavy atom. The van der Waals surface area contributed by atoms with E-state index >= 15 is 0 Å². The first-order chi connectivity index (χ1) is 11.0. The minimum atomic E-state index is -1.01. The van der Waals surface area contributed by atoms with Crippen molar-refractivity contribution in [1.82, 2.24) is 10.3 Å². The van der Waals surface area contributed by atoms with Crippen LogP contribution >= 0.6 is 0 Å². The Morgan fingerprint density at radius 1 is 1.04 bits per heavy atom. The third-order valence-corrected chi connectivity index (χ3v) is 4.12. The molecule has 2 aromatic rings. The molecular weight excluding hydrogens is 304 g/mol. The largest absolute Gasteiger partial charge is 0.359 e. The van der Waals surface area contributed by atoms with Gasteiger partial charge < -0.3 is 15.6 Å². The first kappa shape index (κ1) is 15.5. The van der Waals surface area contributed by atoms with Crippen LogP contribution in [-0.4, -0.2) is 22.8 Å². The molecule has 0 saturated heterocycles. The van der Waals surface area contributed by atoms with Crippen molar-refractivity contribution < 1.29 is 18.4 Å². The van der Waals surface area contributed by atoms with Crippen LogP contribution in [0.2, 0.25) is 0 Å². The maximum absolute atomic E-state index is 13.3. The molecule has 0 unspecified atom stereocenters. The summed E-state index contributed by atoms with van der Waals surface area (Å²) < 4.78 is 26.5. The molecule has 0 atom stereocenters. The summed E-state index contributed by atoms with van der Waals surface area (Å²) in [7, 11) is 0. The average Bonchev–Trinajstić information content (AvgIpc) is 2.91. The number of nitrogens with one attached hydrogen (secondary N) is 3. The molecule has 1 heterocycles.